The standard InChI is InChI=1S/C27H29NO8/c1-15-22(26(30)33-5)24(23(16(2)28-15)27(31)34-6)18-7-9-21(10-8-18)36-25(29)17(3)35-20-13-11-19(32-4)12-14-20/h7-14,17,24,28H,1-6H3/t17-/m1/s1. The van der Waals surface area contributed by atoms with Gasteiger partial charge in [0, 0.05) is 11.4 Å². The maximum atomic E-state index is 12.6. The number of methoxy groups -OCH3 is 3. The van der Waals surface area contributed by atoms with Gasteiger partial charge in [-0.1, -0.05) is 12.1 Å². The molecule has 9 nitrogen and oxygen atoms in total. The molecule has 1 aliphatic rings. The fourth-order valence-electron chi connectivity index (χ4n) is 3.92. The molecule has 0 aromatic heterocycles. The van der Waals surface area contributed by atoms with Crippen molar-refractivity contribution in [3.05, 3.63) is 76.6 Å². The van der Waals surface area contributed by atoms with Gasteiger partial charge in [-0.05, 0) is 62.7 Å². The number of allylic oxidation sites excluding steroid dienone is 2. The van der Waals surface area contributed by atoms with Gasteiger partial charge >= 0.3 is 17.9 Å². The first-order chi connectivity index (χ1) is 17.2. The first-order valence-electron chi connectivity index (χ1n) is 11.2. The Morgan fingerprint density at radius 3 is 1.69 bits per heavy atom. The van der Waals surface area contributed by atoms with Crippen molar-refractivity contribution in [2.75, 3.05) is 21.3 Å². The smallest absolute Gasteiger partial charge is 0.352 e. The molecule has 0 saturated heterocycles. The number of rotatable bonds is 8. The molecule has 1 heterocycles. The summed E-state index contributed by atoms with van der Waals surface area (Å²) in [4.78, 5) is 37.8. The summed E-state index contributed by atoms with van der Waals surface area (Å²) in [5.74, 6) is -1.00. The van der Waals surface area contributed by atoms with E-state index < -0.39 is 29.9 Å². The zero-order chi connectivity index (χ0) is 26.4. The van der Waals surface area contributed by atoms with E-state index in [1.54, 1.807) is 76.4 Å². The van der Waals surface area contributed by atoms with Crippen LogP contribution in [0, 0.1) is 0 Å². The van der Waals surface area contributed by atoms with Crippen molar-refractivity contribution in [1.29, 1.82) is 0 Å². The van der Waals surface area contributed by atoms with Crippen molar-refractivity contribution in [2.45, 2.75) is 32.8 Å². The van der Waals surface area contributed by atoms with Crippen LogP contribution in [0.2, 0.25) is 0 Å². The van der Waals surface area contributed by atoms with Gasteiger partial charge in [-0.3, -0.25) is 0 Å². The van der Waals surface area contributed by atoms with Gasteiger partial charge in [0.25, 0.3) is 0 Å². The third kappa shape index (κ3) is 5.68. The lowest BCUT2D eigenvalue weighted by Crippen LogP contribution is -2.32. The molecule has 0 spiro atoms. The van der Waals surface area contributed by atoms with Crippen LogP contribution in [0.4, 0.5) is 0 Å². The third-order valence-corrected chi connectivity index (χ3v) is 5.71. The molecule has 36 heavy (non-hydrogen) atoms. The highest BCUT2D eigenvalue weighted by Gasteiger charge is 2.37. The molecule has 1 aliphatic heterocycles. The summed E-state index contributed by atoms with van der Waals surface area (Å²) in [5, 5.41) is 3.05. The number of ether oxygens (including phenoxy) is 5. The first kappa shape index (κ1) is 26.3. The molecule has 0 aliphatic carbocycles. The number of dihydropyridines is 1. The molecular weight excluding hydrogens is 466 g/mol. The van der Waals surface area contributed by atoms with E-state index in [9.17, 15) is 14.4 Å². The molecule has 1 atom stereocenters. The van der Waals surface area contributed by atoms with Crippen LogP contribution in [-0.4, -0.2) is 45.3 Å². The highest BCUT2D eigenvalue weighted by molar-refractivity contribution is 5.99. The van der Waals surface area contributed by atoms with Gasteiger partial charge < -0.3 is 29.0 Å². The fourth-order valence-corrected chi connectivity index (χ4v) is 3.92. The molecule has 190 valence electrons. The molecule has 0 bridgehead atoms. The van der Waals surface area contributed by atoms with Crippen LogP contribution in [0.1, 0.15) is 32.3 Å². The van der Waals surface area contributed by atoms with E-state index in [2.05, 4.69) is 5.32 Å². The van der Waals surface area contributed by atoms with Crippen LogP contribution < -0.4 is 19.5 Å². The Labute approximate surface area is 209 Å². The van der Waals surface area contributed by atoms with Crippen LogP contribution >= 0.6 is 0 Å². The van der Waals surface area contributed by atoms with E-state index in [0.717, 1.165) is 0 Å². The van der Waals surface area contributed by atoms with Crippen LogP contribution in [0.5, 0.6) is 17.2 Å². The summed E-state index contributed by atoms with van der Waals surface area (Å²) in [7, 11) is 4.12. The number of benzene rings is 2. The van der Waals surface area contributed by atoms with Gasteiger partial charge in [-0.2, -0.15) is 0 Å². The number of esters is 3. The van der Waals surface area contributed by atoms with Gasteiger partial charge in [-0.15, -0.1) is 0 Å². The maximum absolute atomic E-state index is 12.6. The Morgan fingerprint density at radius 1 is 0.750 bits per heavy atom. The van der Waals surface area contributed by atoms with Gasteiger partial charge in [0.15, 0.2) is 6.10 Å². The zero-order valence-corrected chi connectivity index (χ0v) is 21.0. The van der Waals surface area contributed by atoms with E-state index in [4.69, 9.17) is 23.7 Å². The summed E-state index contributed by atoms with van der Waals surface area (Å²) >= 11 is 0. The number of nitrogens with one attached hydrogen (secondary N) is 1. The van der Waals surface area contributed by atoms with Crippen LogP contribution in [0.25, 0.3) is 0 Å². The Bertz CT molecular complexity index is 1160. The molecule has 0 saturated carbocycles. The van der Waals surface area contributed by atoms with Crippen molar-refractivity contribution in [3.8, 4) is 17.2 Å². The summed E-state index contributed by atoms with van der Waals surface area (Å²) in [6, 6.07) is 13.4. The highest BCUT2D eigenvalue weighted by atomic mass is 16.6. The lowest BCUT2D eigenvalue weighted by Gasteiger charge is -2.30. The lowest BCUT2D eigenvalue weighted by atomic mass is 9.80. The molecule has 9 heteroatoms. The molecule has 3 rings (SSSR count). The molecular formula is C27H29NO8. The molecule has 2 aromatic rings. The SMILES string of the molecule is COC(=O)C1=C(C)NC(C)=C(C(=O)OC)C1c1ccc(OC(=O)[C@@H](C)Oc2ccc(OC)cc2)cc1. The van der Waals surface area contributed by atoms with E-state index in [0.29, 0.717) is 28.5 Å². The van der Waals surface area contributed by atoms with E-state index >= 15 is 0 Å². The number of hydrogen-bond donors (Lipinski definition) is 1. The first-order valence-corrected chi connectivity index (χ1v) is 11.2. The van der Waals surface area contributed by atoms with Gasteiger partial charge in [0.2, 0.25) is 0 Å². The minimum atomic E-state index is -0.865. The van der Waals surface area contributed by atoms with Gasteiger partial charge in [0.05, 0.1) is 38.4 Å². The molecule has 0 unspecified atom stereocenters. The number of carbonyl (C=O) groups excluding carboxylic acids is 3. The Morgan fingerprint density at radius 2 is 1.22 bits per heavy atom. The van der Waals surface area contributed by atoms with Crippen molar-refractivity contribution in [2.24, 2.45) is 0 Å². The average molecular weight is 496 g/mol. The largest absolute Gasteiger partial charge is 0.497 e. The predicted molar refractivity (Wildman–Crippen MR) is 130 cm³/mol. The van der Waals surface area contributed by atoms with Gasteiger partial charge in [-0.25, -0.2) is 14.4 Å². The van der Waals surface area contributed by atoms with Crippen molar-refractivity contribution in [1.82, 2.24) is 5.32 Å². The van der Waals surface area contributed by atoms with E-state index in [1.165, 1.54) is 14.2 Å². The van der Waals surface area contributed by atoms with Crippen LogP contribution in [0.3, 0.4) is 0 Å². The zero-order valence-electron chi connectivity index (χ0n) is 21.0. The average Bonchev–Trinajstić information content (AvgIpc) is 2.88. The normalized spacial score (nSPS) is 14.5. The van der Waals surface area contributed by atoms with Gasteiger partial charge in [0.1, 0.15) is 17.2 Å². The van der Waals surface area contributed by atoms with E-state index in [-0.39, 0.29) is 16.9 Å². The second kappa shape index (κ2) is 11.4. The lowest BCUT2D eigenvalue weighted by molar-refractivity contribution is -0.141. The second-order valence-corrected chi connectivity index (χ2v) is 8.04. The quantitative estimate of drug-likeness (QED) is 0.433. The minimum absolute atomic E-state index is 0.281. The summed E-state index contributed by atoms with van der Waals surface area (Å²) in [6.45, 7) is 5.05. The van der Waals surface area contributed by atoms with Crippen molar-refractivity contribution >= 4 is 17.9 Å². The molecule has 0 radical (unpaired) electrons. The Hall–Kier alpha value is -4.27. The third-order valence-electron chi connectivity index (χ3n) is 5.71. The van der Waals surface area contributed by atoms with Crippen molar-refractivity contribution < 1.29 is 38.1 Å². The predicted octanol–water partition coefficient (Wildman–Crippen LogP) is 3.65. The maximum Gasteiger partial charge on any atom is 0.352 e. The molecule has 1 N–H and O–H groups in total. The van der Waals surface area contributed by atoms with Crippen molar-refractivity contribution in [3.63, 3.8) is 0 Å². The fraction of sp³-hybridized carbons (Fsp3) is 0.296. The summed E-state index contributed by atoms with van der Waals surface area (Å²) in [6.07, 6.45) is -0.865. The minimum Gasteiger partial charge on any atom is -0.497 e. The Kier molecular flexibility index (Phi) is 8.37. The van der Waals surface area contributed by atoms with Crippen LogP contribution in [0.15, 0.2) is 71.1 Å². The Balaban J connectivity index is 1.81. The number of hydrogen-bond acceptors (Lipinski definition) is 9. The molecule has 0 fully saturated rings. The second-order valence-electron chi connectivity index (χ2n) is 8.04. The monoisotopic (exact) mass is 495 g/mol. The topological polar surface area (TPSA) is 109 Å². The number of carbonyl (C=O) groups is 3. The van der Waals surface area contributed by atoms with E-state index in [1.807, 2.05) is 0 Å². The summed E-state index contributed by atoms with van der Waals surface area (Å²) in [5.41, 5.74) is 2.33. The molecule has 0 amide bonds. The van der Waals surface area contributed by atoms with Crippen LogP contribution in [-0.2, 0) is 23.9 Å². The summed E-state index contributed by atoms with van der Waals surface area (Å²) < 4.78 is 26.2. The highest BCUT2D eigenvalue weighted by Crippen LogP contribution is 2.39. The molecule has 2 aromatic carbocycles.